The number of halogens is 2. The molecule has 2 bridgehead atoms. The fourth-order valence-corrected chi connectivity index (χ4v) is 3.50. The van der Waals surface area contributed by atoms with E-state index in [1.54, 1.807) is 6.07 Å². The average molecular weight is 323 g/mol. The quantitative estimate of drug-likeness (QED) is 0.817. The molecule has 0 aromatic heterocycles. The number of anilines is 1. The number of alkyl halides is 2. The maximum Gasteiger partial charge on any atom is 0.387 e. The van der Waals surface area contributed by atoms with E-state index >= 15 is 0 Å². The molecule has 2 aliphatic rings. The summed E-state index contributed by atoms with van der Waals surface area (Å²) in [6.07, 6.45) is 4.32. The van der Waals surface area contributed by atoms with Crippen molar-refractivity contribution >= 4 is 17.6 Å². The smallest absolute Gasteiger partial charge is 0.387 e. The van der Waals surface area contributed by atoms with Crippen molar-refractivity contribution in [1.29, 1.82) is 0 Å². The van der Waals surface area contributed by atoms with E-state index < -0.39 is 30.3 Å². The number of allylic oxidation sites excluding steroid dienone is 2. The van der Waals surface area contributed by atoms with Gasteiger partial charge in [-0.3, -0.25) is 9.59 Å². The first-order chi connectivity index (χ1) is 11.0. The second kappa shape index (κ2) is 5.98. The number of rotatable bonds is 5. The van der Waals surface area contributed by atoms with Crippen molar-refractivity contribution in [2.24, 2.45) is 23.7 Å². The number of aliphatic carboxylic acids is 1. The summed E-state index contributed by atoms with van der Waals surface area (Å²) in [5.41, 5.74) is 0.105. The van der Waals surface area contributed by atoms with Gasteiger partial charge in [-0.25, -0.2) is 0 Å². The molecule has 0 aliphatic heterocycles. The third-order valence-electron chi connectivity index (χ3n) is 4.41. The van der Waals surface area contributed by atoms with Gasteiger partial charge >= 0.3 is 12.6 Å². The molecule has 122 valence electrons. The van der Waals surface area contributed by atoms with Crippen LogP contribution in [0.5, 0.6) is 5.75 Å². The molecule has 5 nitrogen and oxygen atoms in total. The maximum absolute atomic E-state index is 12.5. The zero-order chi connectivity index (χ0) is 16.6. The SMILES string of the molecule is O=C(Nc1ccccc1OC(F)F)[C@@H]1[C@@H](C(=O)O)[C@H]2C=C[C@@H]1C2. The first-order valence-electron chi connectivity index (χ1n) is 7.23. The lowest BCUT2D eigenvalue weighted by atomic mass is 9.82. The summed E-state index contributed by atoms with van der Waals surface area (Å²) < 4.78 is 29.2. The van der Waals surface area contributed by atoms with Gasteiger partial charge in [0, 0.05) is 0 Å². The molecule has 2 aliphatic carbocycles. The van der Waals surface area contributed by atoms with E-state index in [2.05, 4.69) is 10.1 Å². The number of carbonyl (C=O) groups is 2. The highest BCUT2D eigenvalue weighted by molar-refractivity contribution is 5.97. The number of carboxylic acids is 1. The fourth-order valence-electron chi connectivity index (χ4n) is 3.50. The van der Waals surface area contributed by atoms with E-state index in [9.17, 15) is 23.5 Å². The highest BCUT2D eigenvalue weighted by Crippen LogP contribution is 2.48. The van der Waals surface area contributed by atoms with Crippen LogP contribution >= 0.6 is 0 Å². The second-order valence-corrected chi connectivity index (χ2v) is 5.70. The molecule has 0 spiro atoms. The van der Waals surface area contributed by atoms with Gasteiger partial charge in [-0.1, -0.05) is 24.3 Å². The topological polar surface area (TPSA) is 75.6 Å². The van der Waals surface area contributed by atoms with Crippen molar-refractivity contribution in [1.82, 2.24) is 0 Å². The van der Waals surface area contributed by atoms with Crippen molar-refractivity contribution in [2.75, 3.05) is 5.32 Å². The van der Waals surface area contributed by atoms with Crippen LogP contribution in [0, 0.1) is 23.7 Å². The van der Waals surface area contributed by atoms with Gasteiger partial charge in [0.15, 0.2) is 0 Å². The molecule has 0 radical (unpaired) electrons. The van der Waals surface area contributed by atoms with E-state index in [1.807, 2.05) is 12.2 Å². The number of fused-ring (bicyclic) bond motifs is 2. The number of carboxylic acid groups (broad SMARTS) is 1. The Bertz CT molecular complexity index is 661. The average Bonchev–Trinajstić information content (AvgIpc) is 3.09. The predicted molar refractivity (Wildman–Crippen MR) is 77.1 cm³/mol. The molecule has 0 heterocycles. The molecule has 0 saturated heterocycles. The van der Waals surface area contributed by atoms with Gasteiger partial charge in [-0.2, -0.15) is 8.78 Å². The Morgan fingerprint density at radius 3 is 2.48 bits per heavy atom. The Kier molecular flexibility index (Phi) is 4.02. The molecular weight excluding hydrogens is 308 g/mol. The molecule has 3 rings (SSSR count). The van der Waals surface area contributed by atoms with Crippen LogP contribution in [-0.2, 0) is 9.59 Å². The summed E-state index contributed by atoms with van der Waals surface area (Å²) in [6, 6.07) is 5.84. The predicted octanol–water partition coefficient (Wildman–Crippen LogP) is 2.75. The van der Waals surface area contributed by atoms with Gasteiger partial charge in [-0.05, 0) is 30.4 Å². The van der Waals surface area contributed by atoms with Crippen LogP contribution in [-0.4, -0.2) is 23.6 Å². The van der Waals surface area contributed by atoms with Gasteiger partial charge < -0.3 is 15.2 Å². The van der Waals surface area contributed by atoms with Crippen LogP contribution in [0.3, 0.4) is 0 Å². The summed E-state index contributed by atoms with van der Waals surface area (Å²) in [7, 11) is 0. The molecule has 7 heteroatoms. The fraction of sp³-hybridized carbons (Fsp3) is 0.375. The number of carbonyl (C=O) groups excluding carboxylic acids is 1. The molecule has 1 aromatic carbocycles. The highest BCUT2D eigenvalue weighted by Gasteiger charge is 2.51. The summed E-state index contributed by atoms with van der Waals surface area (Å²) in [4.78, 5) is 23.9. The standard InChI is InChI=1S/C16H15F2NO4/c17-16(18)23-11-4-2-1-3-10(11)19-14(20)12-8-5-6-9(7-8)13(12)15(21)22/h1-6,8-9,12-13,16H,7H2,(H,19,20)(H,21,22)/t8-,9+,12+,13+/m1/s1. The van der Waals surface area contributed by atoms with Crippen LogP contribution in [0.25, 0.3) is 0 Å². The first-order valence-corrected chi connectivity index (χ1v) is 7.23. The number of ether oxygens (including phenoxy) is 1. The van der Waals surface area contributed by atoms with Crippen LogP contribution in [0.2, 0.25) is 0 Å². The molecular formula is C16H15F2NO4. The molecule has 1 fully saturated rings. The van der Waals surface area contributed by atoms with E-state index in [4.69, 9.17) is 0 Å². The van der Waals surface area contributed by atoms with Crippen molar-refractivity contribution in [3.05, 3.63) is 36.4 Å². The lowest BCUT2D eigenvalue weighted by Gasteiger charge is -2.24. The molecule has 1 saturated carbocycles. The number of para-hydroxylation sites is 2. The van der Waals surface area contributed by atoms with E-state index in [1.165, 1.54) is 18.2 Å². The Morgan fingerprint density at radius 2 is 1.83 bits per heavy atom. The van der Waals surface area contributed by atoms with Gasteiger partial charge in [0.05, 0.1) is 17.5 Å². The number of hydrogen-bond acceptors (Lipinski definition) is 3. The number of nitrogens with one attached hydrogen (secondary N) is 1. The minimum Gasteiger partial charge on any atom is -0.481 e. The first kappa shape index (κ1) is 15.5. The van der Waals surface area contributed by atoms with E-state index in [-0.39, 0.29) is 23.3 Å². The number of hydrogen-bond donors (Lipinski definition) is 2. The monoisotopic (exact) mass is 323 g/mol. The van der Waals surface area contributed by atoms with Crippen LogP contribution < -0.4 is 10.1 Å². The Balaban J connectivity index is 1.80. The molecule has 1 amide bonds. The Labute approximate surface area is 130 Å². The molecule has 4 atom stereocenters. The largest absolute Gasteiger partial charge is 0.481 e. The van der Waals surface area contributed by atoms with Crippen molar-refractivity contribution in [3.63, 3.8) is 0 Å². The van der Waals surface area contributed by atoms with Crippen LogP contribution in [0.15, 0.2) is 36.4 Å². The minimum atomic E-state index is -3.01. The summed E-state index contributed by atoms with van der Waals surface area (Å²) >= 11 is 0. The maximum atomic E-state index is 12.5. The summed E-state index contributed by atoms with van der Waals surface area (Å²) in [5.74, 6) is -3.43. The number of benzene rings is 1. The summed E-state index contributed by atoms with van der Waals surface area (Å²) in [5, 5.41) is 11.9. The zero-order valence-corrected chi connectivity index (χ0v) is 12.0. The minimum absolute atomic E-state index is 0.105. The van der Waals surface area contributed by atoms with Gasteiger partial charge in [-0.15, -0.1) is 0 Å². The van der Waals surface area contributed by atoms with E-state index in [0.717, 1.165) is 0 Å². The Morgan fingerprint density at radius 1 is 1.17 bits per heavy atom. The molecule has 0 unspecified atom stereocenters. The molecule has 23 heavy (non-hydrogen) atoms. The number of amides is 1. The molecule has 1 aromatic rings. The zero-order valence-electron chi connectivity index (χ0n) is 12.0. The van der Waals surface area contributed by atoms with Gasteiger partial charge in [0.1, 0.15) is 5.75 Å². The van der Waals surface area contributed by atoms with Crippen LogP contribution in [0.4, 0.5) is 14.5 Å². The summed E-state index contributed by atoms with van der Waals surface area (Å²) in [6.45, 7) is -3.01. The van der Waals surface area contributed by atoms with Crippen molar-refractivity contribution in [2.45, 2.75) is 13.0 Å². The third kappa shape index (κ3) is 2.91. The third-order valence-corrected chi connectivity index (χ3v) is 4.41. The second-order valence-electron chi connectivity index (χ2n) is 5.70. The van der Waals surface area contributed by atoms with Crippen LogP contribution in [0.1, 0.15) is 6.42 Å². The van der Waals surface area contributed by atoms with Crippen molar-refractivity contribution < 1.29 is 28.2 Å². The van der Waals surface area contributed by atoms with Gasteiger partial charge in [0.2, 0.25) is 5.91 Å². The Hall–Kier alpha value is -2.44. The van der Waals surface area contributed by atoms with E-state index in [0.29, 0.717) is 6.42 Å². The van der Waals surface area contributed by atoms with Gasteiger partial charge in [0.25, 0.3) is 0 Å². The lowest BCUT2D eigenvalue weighted by Crippen LogP contribution is -2.36. The highest BCUT2D eigenvalue weighted by atomic mass is 19.3. The lowest BCUT2D eigenvalue weighted by molar-refractivity contribution is -0.146. The molecule has 2 N–H and O–H groups in total. The van der Waals surface area contributed by atoms with Crippen molar-refractivity contribution in [3.8, 4) is 5.75 Å². The normalized spacial score (nSPS) is 28.1.